The van der Waals surface area contributed by atoms with Crippen molar-refractivity contribution in [1.29, 1.82) is 0 Å². The highest BCUT2D eigenvalue weighted by Gasteiger charge is 2.24. The smallest absolute Gasteiger partial charge is 0.142 e. The van der Waals surface area contributed by atoms with Gasteiger partial charge in [-0.1, -0.05) is 6.92 Å². The molecule has 2 aromatic heterocycles. The molecule has 0 saturated carbocycles. The standard InChI is InChI=1S/C14H18N4S/c1-3-15-10-5-4-6-11-13(10)19-14(18-11)12-7-8-16-9(2)17-12/h7-8,10,15H,3-6H2,1-2H3. The van der Waals surface area contributed by atoms with E-state index in [-0.39, 0.29) is 0 Å². The van der Waals surface area contributed by atoms with E-state index in [2.05, 4.69) is 22.2 Å². The van der Waals surface area contributed by atoms with Gasteiger partial charge in [-0.3, -0.25) is 0 Å². The van der Waals surface area contributed by atoms with Crippen LogP contribution in [0.2, 0.25) is 0 Å². The predicted octanol–water partition coefficient (Wildman–Crippen LogP) is 2.90. The van der Waals surface area contributed by atoms with Crippen molar-refractivity contribution in [2.45, 2.75) is 39.2 Å². The highest BCUT2D eigenvalue weighted by atomic mass is 32.1. The molecule has 0 aliphatic heterocycles. The lowest BCUT2D eigenvalue weighted by molar-refractivity contribution is 0.476. The van der Waals surface area contributed by atoms with E-state index >= 15 is 0 Å². The number of hydrogen-bond donors (Lipinski definition) is 1. The normalized spacial score (nSPS) is 18.3. The molecule has 1 aliphatic rings. The lowest BCUT2D eigenvalue weighted by Gasteiger charge is -2.21. The van der Waals surface area contributed by atoms with Crippen LogP contribution in [-0.4, -0.2) is 21.5 Å². The second-order valence-electron chi connectivity index (χ2n) is 4.82. The number of thiazole rings is 1. The van der Waals surface area contributed by atoms with Gasteiger partial charge in [0, 0.05) is 17.1 Å². The summed E-state index contributed by atoms with van der Waals surface area (Å²) in [7, 11) is 0. The average molecular weight is 274 g/mol. The Morgan fingerprint density at radius 3 is 3.11 bits per heavy atom. The third kappa shape index (κ3) is 2.53. The Balaban J connectivity index is 1.97. The number of aromatic nitrogens is 3. The Bertz CT molecular complexity index is 579. The fourth-order valence-electron chi connectivity index (χ4n) is 2.55. The molecule has 0 fully saturated rings. The highest BCUT2D eigenvalue weighted by Crippen LogP contribution is 2.37. The van der Waals surface area contributed by atoms with Crippen LogP contribution in [0.25, 0.3) is 10.7 Å². The summed E-state index contributed by atoms with van der Waals surface area (Å²) in [5.41, 5.74) is 2.20. The van der Waals surface area contributed by atoms with Gasteiger partial charge in [-0.25, -0.2) is 15.0 Å². The van der Waals surface area contributed by atoms with E-state index in [0.717, 1.165) is 29.5 Å². The van der Waals surface area contributed by atoms with E-state index in [1.165, 1.54) is 23.4 Å². The summed E-state index contributed by atoms with van der Waals surface area (Å²) in [6.07, 6.45) is 5.33. The van der Waals surface area contributed by atoms with Gasteiger partial charge in [0.25, 0.3) is 0 Å². The summed E-state index contributed by atoms with van der Waals surface area (Å²) in [5.74, 6) is 0.800. The molecule has 0 radical (unpaired) electrons. The van der Waals surface area contributed by atoms with Gasteiger partial charge < -0.3 is 5.32 Å². The van der Waals surface area contributed by atoms with Crippen molar-refractivity contribution in [3.05, 3.63) is 28.7 Å². The first-order valence-corrected chi connectivity index (χ1v) is 7.62. The van der Waals surface area contributed by atoms with E-state index in [4.69, 9.17) is 4.98 Å². The predicted molar refractivity (Wildman–Crippen MR) is 77.2 cm³/mol. The Morgan fingerprint density at radius 2 is 2.32 bits per heavy atom. The van der Waals surface area contributed by atoms with E-state index in [1.807, 2.05) is 13.0 Å². The van der Waals surface area contributed by atoms with E-state index in [1.54, 1.807) is 17.5 Å². The topological polar surface area (TPSA) is 50.7 Å². The number of nitrogens with one attached hydrogen (secondary N) is 1. The largest absolute Gasteiger partial charge is 0.309 e. The fourth-order valence-corrected chi connectivity index (χ4v) is 3.74. The van der Waals surface area contributed by atoms with Crippen LogP contribution < -0.4 is 5.32 Å². The van der Waals surface area contributed by atoms with Crippen LogP contribution in [-0.2, 0) is 6.42 Å². The third-order valence-corrected chi connectivity index (χ3v) is 4.63. The van der Waals surface area contributed by atoms with Crippen LogP contribution in [0.1, 0.15) is 42.2 Å². The molecule has 0 amide bonds. The number of aryl methyl sites for hydroxylation is 2. The fraction of sp³-hybridized carbons (Fsp3) is 0.500. The van der Waals surface area contributed by atoms with Crippen molar-refractivity contribution in [3.8, 4) is 10.7 Å². The lowest BCUT2D eigenvalue weighted by Crippen LogP contribution is -2.23. The van der Waals surface area contributed by atoms with Crippen LogP contribution in [0.4, 0.5) is 0 Å². The molecule has 5 heteroatoms. The monoisotopic (exact) mass is 274 g/mol. The van der Waals surface area contributed by atoms with Crippen LogP contribution in [0, 0.1) is 6.92 Å². The molecule has 1 N–H and O–H groups in total. The summed E-state index contributed by atoms with van der Waals surface area (Å²) in [5, 5.41) is 4.58. The minimum Gasteiger partial charge on any atom is -0.309 e. The molecule has 1 atom stereocenters. The Kier molecular flexibility index (Phi) is 3.57. The molecule has 4 nitrogen and oxygen atoms in total. The zero-order valence-electron chi connectivity index (χ0n) is 11.3. The van der Waals surface area contributed by atoms with Crippen molar-refractivity contribution in [2.24, 2.45) is 0 Å². The summed E-state index contributed by atoms with van der Waals surface area (Å²) in [6, 6.07) is 2.42. The number of nitrogens with zero attached hydrogens (tertiary/aromatic N) is 3. The summed E-state index contributed by atoms with van der Waals surface area (Å²) in [4.78, 5) is 14.8. The Hall–Kier alpha value is -1.33. The van der Waals surface area contributed by atoms with Gasteiger partial charge in [-0.15, -0.1) is 11.3 Å². The van der Waals surface area contributed by atoms with Gasteiger partial charge >= 0.3 is 0 Å². The maximum Gasteiger partial charge on any atom is 0.142 e. The maximum absolute atomic E-state index is 4.78. The number of fused-ring (bicyclic) bond motifs is 1. The molecule has 0 aromatic carbocycles. The molecule has 0 saturated heterocycles. The van der Waals surface area contributed by atoms with Crippen molar-refractivity contribution >= 4 is 11.3 Å². The van der Waals surface area contributed by atoms with E-state index in [9.17, 15) is 0 Å². The quantitative estimate of drug-likeness (QED) is 0.935. The second-order valence-corrected chi connectivity index (χ2v) is 5.85. The summed E-state index contributed by atoms with van der Waals surface area (Å²) < 4.78 is 0. The molecule has 0 spiro atoms. The minimum absolute atomic E-state index is 0.475. The van der Waals surface area contributed by atoms with Gasteiger partial charge in [0.2, 0.25) is 0 Å². The highest BCUT2D eigenvalue weighted by molar-refractivity contribution is 7.15. The molecular formula is C14H18N4S. The summed E-state index contributed by atoms with van der Waals surface area (Å²) in [6.45, 7) is 5.08. The van der Waals surface area contributed by atoms with Crippen LogP contribution in [0.15, 0.2) is 12.3 Å². The molecule has 0 bridgehead atoms. The van der Waals surface area contributed by atoms with Gasteiger partial charge in [-0.05, 0) is 38.8 Å². The van der Waals surface area contributed by atoms with Gasteiger partial charge in [-0.2, -0.15) is 0 Å². The molecule has 1 unspecified atom stereocenters. The molecular weight excluding hydrogens is 256 g/mol. The zero-order chi connectivity index (χ0) is 13.2. The minimum atomic E-state index is 0.475. The van der Waals surface area contributed by atoms with E-state index < -0.39 is 0 Å². The summed E-state index contributed by atoms with van der Waals surface area (Å²) >= 11 is 1.78. The van der Waals surface area contributed by atoms with Crippen LogP contribution >= 0.6 is 11.3 Å². The maximum atomic E-state index is 4.78. The first kappa shape index (κ1) is 12.7. The SMILES string of the molecule is CCNC1CCCc2nc(-c3ccnc(C)n3)sc21. The second kappa shape index (κ2) is 5.35. The molecule has 100 valence electrons. The van der Waals surface area contributed by atoms with Crippen molar-refractivity contribution < 1.29 is 0 Å². The van der Waals surface area contributed by atoms with Crippen molar-refractivity contribution in [2.75, 3.05) is 6.54 Å². The van der Waals surface area contributed by atoms with Crippen LogP contribution in [0.3, 0.4) is 0 Å². The number of hydrogen-bond acceptors (Lipinski definition) is 5. The number of rotatable bonds is 3. The van der Waals surface area contributed by atoms with Crippen molar-refractivity contribution in [1.82, 2.24) is 20.3 Å². The van der Waals surface area contributed by atoms with Gasteiger partial charge in [0.15, 0.2) is 0 Å². The lowest BCUT2D eigenvalue weighted by atomic mass is 9.98. The first-order valence-electron chi connectivity index (χ1n) is 6.81. The molecule has 3 rings (SSSR count). The molecule has 1 aliphatic carbocycles. The van der Waals surface area contributed by atoms with Gasteiger partial charge in [0.05, 0.1) is 5.69 Å². The molecule has 2 aromatic rings. The molecule has 2 heterocycles. The first-order chi connectivity index (χ1) is 9.28. The van der Waals surface area contributed by atoms with Crippen molar-refractivity contribution in [3.63, 3.8) is 0 Å². The average Bonchev–Trinajstić information content (AvgIpc) is 2.84. The van der Waals surface area contributed by atoms with Gasteiger partial charge in [0.1, 0.15) is 16.5 Å². The third-order valence-electron chi connectivity index (χ3n) is 3.40. The van der Waals surface area contributed by atoms with E-state index in [0.29, 0.717) is 6.04 Å². The zero-order valence-corrected chi connectivity index (χ0v) is 12.1. The molecule has 19 heavy (non-hydrogen) atoms. The Labute approximate surface area is 117 Å². The Morgan fingerprint density at radius 1 is 1.42 bits per heavy atom. The van der Waals surface area contributed by atoms with Crippen LogP contribution in [0.5, 0.6) is 0 Å².